The molecule has 1 N–H and O–H groups in total. The van der Waals surface area contributed by atoms with Crippen molar-refractivity contribution in [2.24, 2.45) is 0 Å². The molecule has 0 aromatic heterocycles. The third kappa shape index (κ3) is 3.40. The lowest BCUT2D eigenvalue weighted by Gasteiger charge is -2.05. The largest absolute Gasteiger partial charge is 0.385 e. The number of benzene rings is 1. The minimum Gasteiger partial charge on any atom is -0.385 e. The molecular weight excluding hydrogens is 172 g/mol. The maximum atomic E-state index is 12.7. The topological polar surface area (TPSA) is 12.0 Å². The van der Waals surface area contributed by atoms with Gasteiger partial charge in [-0.1, -0.05) is 13.3 Å². The Balaban J connectivity index is 2.56. The predicted octanol–water partition coefficient (Wildman–Crippen LogP) is 3.18. The van der Waals surface area contributed by atoms with E-state index in [1.54, 1.807) is 0 Å². The van der Waals surface area contributed by atoms with E-state index in [0.717, 1.165) is 25.5 Å². The Bertz CT molecular complexity index is 253. The van der Waals surface area contributed by atoms with E-state index >= 15 is 0 Å². The summed E-state index contributed by atoms with van der Waals surface area (Å²) >= 11 is 0. The minimum atomic E-state index is -0.543. The maximum Gasteiger partial charge on any atom is 0.128 e. The lowest BCUT2D eigenvalue weighted by molar-refractivity contribution is 0.584. The molecule has 13 heavy (non-hydrogen) atoms. The Hall–Kier alpha value is -1.12. The Kier molecular flexibility index (Phi) is 3.68. The van der Waals surface area contributed by atoms with Gasteiger partial charge in [-0.05, 0) is 18.6 Å². The van der Waals surface area contributed by atoms with Crippen LogP contribution >= 0.6 is 0 Å². The second-order valence-corrected chi connectivity index (χ2v) is 2.94. The molecule has 0 spiro atoms. The summed E-state index contributed by atoms with van der Waals surface area (Å²) in [5.74, 6) is -1.09. The van der Waals surface area contributed by atoms with Gasteiger partial charge in [0.1, 0.15) is 11.6 Å². The molecular formula is C10H13F2N. The average Bonchev–Trinajstić information content (AvgIpc) is 2.03. The van der Waals surface area contributed by atoms with E-state index in [4.69, 9.17) is 0 Å². The fourth-order valence-corrected chi connectivity index (χ4v) is 1.07. The summed E-state index contributed by atoms with van der Waals surface area (Å²) in [7, 11) is 0. The highest BCUT2D eigenvalue weighted by atomic mass is 19.1. The van der Waals surface area contributed by atoms with E-state index in [0.29, 0.717) is 5.69 Å². The minimum absolute atomic E-state index is 0.506. The Morgan fingerprint density at radius 2 is 1.77 bits per heavy atom. The standard InChI is InChI=1S/C10H13F2N/c1-2-3-4-13-10-6-8(11)5-9(12)7-10/h5-7,13H,2-4H2,1H3. The summed E-state index contributed by atoms with van der Waals surface area (Å²) in [6, 6.07) is 3.45. The third-order valence-electron chi connectivity index (χ3n) is 1.72. The predicted molar refractivity (Wildman–Crippen MR) is 49.8 cm³/mol. The van der Waals surface area contributed by atoms with Crippen LogP contribution in [0.2, 0.25) is 0 Å². The van der Waals surface area contributed by atoms with Crippen LogP contribution in [0.5, 0.6) is 0 Å². The molecule has 72 valence electrons. The van der Waals surface area contributed by atoms with Crippen molar-refractivity contribution in [2.45, 2.75) is 19.8 Å². The van der Waals surface area contributed by atoms with Crippen LogP contribution in [0.15, 0.2) is 18.2 Å². The molecule has 0 saturated carbocycles. The molecule has 0 amide bonds. The molecule has 0 fully saturated rings. The van der Waals surface area contributed by atoms with Gasteiger partial charge in [0.15, 0.2) is 0 Å². The summed E-state index contributed by atoms with van der Waals surface area (Å²) in [4.78, 5) is 0. The van der Waals surface area contributed by atoms with E-state index in [9.17, 15) is 8.78 Å². The lowest BCUT2D eigenvalue weighted by Crippen LogP contribution is -2.01. The van der Waals surface area contributed by atoms with Gasteiger partial charge in [-0.15, -0.1) is 0 Å². The molecule has 1 aromatic carbocycles. The first-order valence-corrected chi connectivity index (χ1v) is 4.42. The number of halogens is 2. The normalized spacial score (nSPS) is 10.1. The van der Waals surface area contributed by atoms with Crippen molar-refractivity contribution in [3.63, 3.8) is 0 Å². The number of nitrogens with one attached hydrogen (secondary N) is 1. The number of anilines is 1. The molecule has 1 nitrogen and oxygen atoms in total. The number of hydrogen-bond donors (Lipinski definition) is 1. The highest BCUT2D eigenvalue weighted by Crippen LogP contribution is 2.12. The van der Waals surface area contributed by atoms with Crippen molar-refractivity contribution in [1.82, 2.24) is 0 Å². The Labute approximate surface area is 76.8 Å². The monoisotopic (exact) mass is 185 g/mol. The Morgan fingerprint density at radius 1 is 1.15 bits per heavy atom. The van der Waals surface area contributed by atoms with E-state index in [1.807, 2.05) is 0 Å². The molecule has 1 aromatic rings. The fraction of sp³-hybridized carbons (Fsp3) is 0.400. The summed E-state index contributed by atoms with van der Waals surface area (Å²) in [6.07, 6.45) is 2.06. The second-order valence-electron chi connectivity index (χ2n) is 2.94. The van der Waals surface area contributed by atoms with Gasteiger partial charge in [0.25, 0.3) is 0 Å². The van der Waals surface area contributed by atoms with Crippen LogP contribution < -0.4 is 5.32 Å². The van der Waals surface area contributed by atoms with Crippen LogP contribution in [-0.2, 0) is 0 Å². The van der Waals surface area contributed by atoms with E-state index in [-0.39, 0.29) is 0 Å². The first-order valence-electron chi connectivity index (χ1n) is 4.42. The van der Waals surface area contributed by atoms with Crippen molar-refractivity contribution in [2.75, 3.05) is 11.9 Å². The SMILES string of the molecule is CCCCNc1cc(F)cc(F)c1. The van der Waals surface area contributed by atoms with Crippen molar-refractivity contribution in [3.8, 4) is 0 Å². The van der Waals surface area contributed by atoms with Crippen molar-refractivity contribution in [3.05, 3.63) is 29.8 Å². The van der Waals surface area contributed by atoms with E-state index in [1.165, 1.54) is 12.1 Å². The summed E-state index contributed by atoms with van der Waals surface area (Å²) in [5, 5.41) is 2.95. The van der Waals surface area contributed by atoms with Crippen molar-refractivity contribution >= 4 is 5.69 Å². The van der Waals surface area contributed by atoms with Gasteiger partial charge in [-0.25, -0.2) is 8.78 Å². The smallest absolute Gasteiger partial charge is 0.128 e. The number of hydrogen-bond acceptors (Lipinski definition) is 1. The van der Waals surface area contributed by atoms with Crippen LogP contribution in [0.25, 0.3) is 0 Å². The van der Waals surface area contributed by atoms with Gasteiger partial charge in [-0.2, -0.15) is 0 Å². The maximum absolute atomic E-state index is 12.7. The fourth-order valence-electron chi connectivity index (χ4n) is 1.07. The van der Waals surface area contributed by atoms with Gasteiger partial charge in [0, 0.05) is 18.3 Å². The molecule has 1 rings (SSSR count). The van der Waals surface area contributed by atoms with Gasteiger partial charge in [0.2, 0.25) is 0 Å². The molecule has 0 aliphatic carbocycles. The molecule has 0 aliphatic heterocycles. The first-order chi connectivity index (χ1) is 6.22. The zero-order valence-corrected chi connectivity index (χ0v) is 7.61. The molecule has 3 heteroatoms. The van der Waals surface area contributed by atoms with Crippen LogP contribution in [0.4, 0.5) is 14.5 Å². The summed E-state index contributed by atoms with van der Waals surface area (Å²) in [5.41, 5.74) is 0.506. The molecule has 0 saturated heterocycles. The van der Waals surface area contributed by atoms with Crippen LogP contribution in [-0.4, -0.2) is 6.54 Å². The number of rotatable bonds is 4. The van der Waals surface area contributed by atoms with Crippen molar-refractivity contribution < 1.29 is 8.78 Å². The zero-order valence-electron chi connectivity index (χ0n) is 7.61. The molecule has 0 bridgehead atoms. The molecule has 0 unspecified atom stereocenters. The van der Waals surface area contributed by atoms with E-state index < -0.39 is 11.6 Å². The molecule has 0 heterocycles. The second kappa shape index (κ2) is 4.80. The molecule has 0 radical (unpaired) electrons. The average molecular weight is 185 g/mol. The Morgan fingerprint density at radius 3 is 2.31 bits per heavy atom. The van der Waals surface area contributed by atoms with Crippen molar-refractivity contribution in [1.29, 1.82) is 0 Å². The van der Waals surface area contributed by atoms with E-state index in [2.05, 4.69) is 12.2 Å². The first kappa shape index (κ1) is 9.96. The molecule has 0 aliphatic rings. The third-order valence-corrected chi connectivity index (χ3v) is 1.72. The zero-order chi connectivity index (χ0) is 9.68. The lowest BCUT2D eigenvalue weighted by atomic mass is 10.3. The van der Waals surface area contributed by atoms with Gasteiger partial charge >= 0.3 is 0 Å². The molecule has 0 atom stereocenters. The van der Waals surface area contributed by atoms with Crippen LogP contribution in [0.1, 0.15) is 19.8 Å². The summed E-state index contributed by atoms with van der Waals surface area (Å²) in [6.45, 7) is 2.81. The van der Waals surface area contributed by atoms with Gasteiger partial charge in [0.05, 0.1) is 0 Å². The summed E-state index contributed by atoms with van der Waals surface area (Å²) < 4.78 is 25.3. The highest BCUT2D eigenvalue weighted by molar-refractivity contribution is 5.43. The van der Waals surface area contributed by atoms with Gasteiger partial charge in [-0.3, -0.25) is 0 Å². The van der Waals surface area contributed by atoms with Gasteiger partial charge < -0.3 is 5.32 Å². The quantitative estimate of drug-likeness (QED) is 0.710. The van der Waals surface area contributed by atoms with Crippen LogP contribution in [0.3, 0.4) is 0 Å². The number of unbranched alkanes of at least 4 members (excludes halogenated alkanes) is 1. The van der Waals surface area contributed by atoms with Crippen LogP contribution in [0, 0.1) is 11.6 Å². The highest BCUT2D eigenvalue weighted by Gasteiger charge is 1.98.